The van der Waals surface area contributed by atoms with Crippen LogP contribution in [0.4, 0.5) is 0 Å². The van der Waals surface area contributed by atoms with Gasteiger partial charge in [-0.1, -0.05) is 13.8 Å². The highest BCUT2D eigenvalue weighted by Gasteiger charge is 2.23. The molecule has 1 aliphatic rings. The Labute approximate surface area is 129 Å². The molecule has 5 nitrogen and oxygen atoms in total. The molecule has 2 rings (SSSR count). The van der Waals surface area contributed by atoms with E-state index in [9.17, 15) is 9.90 Å². The number of ether oxygens (including phenoxy) is 1. The van der Waals surface area contributed by atoms with E-state index < -0.39 is 5.97 Å². The van der Waals surface area contributed by atoms with E-state index in [2.05, 4.69) is 23.7 Å². The second kappa shape index (κ2) is 7.87. The van der Waals surface area contributed by atoms with E-state index in [-0.39, 0.29) is 5.92 Å². The Morgan fingerprint density at radius 2 is 2.05 bits per heavy atom. The van der Waals surface area contributed by atoms with Gasteiger partial charge >= 0.3 is 5.97 Å². The molecule has 6 heteroatoms. The molecule has 21 heavy (non-hydrogen) atoms. The van der Waals surface area contributed by atoms with E-state index >= 15 is 0 Å². The van der Waals surface area contributed by atoms with Crippen molar-refractivity contribution in [3.05, 3.63) is 15.6 Å². The van der Waals surface area contributed by atoms with Crippen LogP contribution in [0.1, 0.15) is 53.0 Å². The second-order valence-electron chi connectivity index (χ2n) is 5.34. The minimum absolute atomic E-state index is 0.254. The van der Waals surface area contributed by atoms with E-state index in [1.165, 1.54) is 11.3 Å². The van der Waals surface area contributed by atoms with Crippen LogP contribution in [0.5, 0.6) is 0 Å². The molecule has 0 aliphatic carbocycles. The van der Waals surface area contributed by atoms with E-state index in [1.54, 1.807) is 0 Å². The average molecular weight is 312 g/mol. The molecule has 0 saturated carbocycles. The summed E-state index contributed by atoms with van der Waals surface area (Å²) in [5.74, 6) is -0.587. The molecule has 1 N–H and O–H groups in total. The number of nitrogens with zero attached hydrogens (tertiary/aromatic N) is 2. The number of aromatic carboxylic acids is 1. The predicted octanol–water partition coefficient (Wildman–Crippen LogP) is 2.62. The van der Waals surface area contributed by atoms with E-state index in [1.807, 2.05) is 0 Å². The smallest absolute Gasteiger partial charge is 0.347 e. The number of morpholine rings is 1. The Balaban J connectivity index is 2.05. The molecule has 0 bridgehead atoms. The van der Waals surface area contributed by atoms with Gasteiger partial charge in [-0.25, -0.2) is 9.78 Å². The van der Waals surface area contributed by atoms with Crippen LogP contribution < -0.4 is 0 Å². The number of hydrogen-bond acceptors (Lipinski definition) is 5. The number of hydrogen-bond donors (Lipinski definition) is 1. The van der Waals surface area contributed by atoms with Crippen molar-refractivity contribution < 1.29 is 14.6 Å². The monoisotopic (exact) mass is 312 g/mol. The van der Waals surface area contributed by atoms with Crippen LogP contribution in [0.3, 0.4) is 0 Å². The summed E-state index contributed by atoms with van der Waals surface area (Å²) >= 11 is 1.35. The summed E-state index contributed by atoms with van der Waals surface area (Å²) in [6, 6.07) is 0. The summed E-state index contributed by atoms with van der Waals surface area (Å²) in [6.07, 6.45) is 2.69. The van der Waals surface area contributed by atoms with Gasteiger partial charge in [-0.2, -0.15) is 0 Å². The summed E-state index contributed by atoms with van der Waals surface area (Å²) in [7, 11) is 0. The molecule has 118 valence electrons. The van der Waals surface area contributed by atoms with Gasteiger partial charge in [0.05, 0.1) is 23.9 Å². The van der Waals surface area contributed by atoms with Crippen molar-refractivity contribution in [2.75, 3.05) is 32.8 Å². The fourth-order valence-electron chi connectivity index (χ4n) is 2.67. The zero-order valence-electron chi connectivity index (χ0n) is 12.8. The van der Waals surface area contributed by atoms with Crippen LogP contribution in [-0.4, -0.2) is 53.8 Å². The molecule has 1 fully saturated rings. The van der Waals surface area contributed by atoms with Gasteiger partial charge in [0.15, 0.2) is 0 Å². The van der Waals surface area contributed by atoms with Crippen LogP contribution in [0.15, 0.2) is 0 Å². The highest BCUT2D eigenvalue weighted by molar-refractivity contribution is 7.13. The summed E-state index contributed by atoms with van der Waals surface area (Å²) in [5.41, 5.74) is 0.787. The first-order chi connectivity index (χ1) is 10.2. The first-order valence-corrected chi connectivity index (χ1v) is 8.50. The van der Waals surface area contributed by atoms with Crippen LogP contribution in [0.2, 0.25) is 0 Å². The maximum atomic E-state index is 11.4. The average Bonchev–Trinajstić information content (AvgIpc) is 2.92. The Bertz CT molecular complexity index is 465. The van der Waals surface area contributed by atoms with E-state index in [4.69, 9.17) is 4.74 Å². The lowest BCUT2D eigenvalue weighted by Crippen LogP contribution is -2.37. The summed E-state index contributed by atoms with van der Waals surface area (Å²) in [5, 5.41) is 10.3. The largest absolute Gasteiger partial charge is 0.477 e. The lowest BCUT2D eigenvalue weighted by Gasteiger charge is -2.26. The third-order valence-corrected chi connectivity index (χ3v) is 5.13. The minimum atomic E-state index is -0.841. The van der Waals surface area contributed by atoms with Crippen LogP contribution in [0.25, 0.3) is 0 Å². The number of carbonyl (C=O) groups is 1. The van der Waals surface area contributed by atoms with Crippen LogP contribution in [-0.2, 0) is 11.2 Å². The van der Waals surface area contributed by atoms with Crippen molar-refractivity contribution in [1.29, 1.82) is 0 Å². The van der Waals surface area contributed by atoms with Crippen LogP contribution in [0, 0.1) is 0 Å². The molecule has 0 unspecified atom stereocenters. The Morgan fingerprint density at radius 1 is 1.38 bits per heavy atom. The van der Waals surface area contributed by atoms with Crippen molar-refractivity contribution in [1.82, 2.24) is 9.88 Å². The SMILES string of the molecule is CCC(CC)c1nc(CCN2CCOCC2)sc1C(=O)O. The van der Waals surface area contributed by atoms with Crippen molar-refractivity contribution in [2.24, 2.45) is 0 Å². The summed E-state index contributed by atoms with van der Waals surface area (Å²) in [4.78, 5) is 18.8. The molecule has 0 aromatic carbocycles. The van der Waals surface area contributed by atoms with Gasteiger partial charge in [0.25, 0.3) is 0 Å². The van der Waals surface area contributed by atoms with Crippen molar-refractivity contribution in [3.63, 3.8) is 0 Å². The lowest BCUT2D eigenvalue weighted by molar-refractivity contribution is 0.0384. The Morgan fingerprint density at radius 3 is 2.62 bits per heavy atom. The lowest BCUT2D eigenvalue weighted by atomic mass is 9.98. The third kappa shape index (κ3) is 4.25. The van der Waals surface area contributed by atoms with E-state index in [0.717, 1.165) is 62.8 Å². The zero-order chi connectivity index (χ0) is 15.2. The number of aromatic nitrogens is 1. The van der Waals surface area contributed by atoms with Gasteiger partial charge in [-0.3, -0.25) is 4.90 Å². The molecule has 0 amide bonds. The third-order valence-electron chi connectivity index (χ3n) is 4.01. The quantitative estimate of drug-likeness (QED) is 0.838. The molecule has 0 radical (unpaired) electrons. The van der Waals surface area contributed by atoms with Crippen molar-refractivity contribution in [3.8, 4) is 0 Å². The summed E-state index contributed by atoms with van der Waals surface area (Å²) in [6.45, 7) is 8.60. The summed E-state index contributed by atoms with van der Waals surface area (Å²) < 4.78 is 5.33. The molecule has 0 spiro atoms. The second-order valence-corrected chi connectivity index (χ2v) is 6.43. The zero-order valence-corrected chi connectivity index (χ0v) is 13.6. The first-order valence-electron chi connectivity index (χ1n) is 7.68. The molecule has 1 aliphatic heterocycles. The number of carboxylic acids is 1. The van der Waals surface area contributed by atoms with Crippen molar-refractivity contribution >= 4 is 17.3 Å². The minimum Gasteiger partial charge on any atom is -0.477 e. The van der Waals surface area contributed by atoms with Gasteiger partial charge in [0, 0.05) is 32.0 Å². The number of thiazole rings is 1. The molecule has 1 aromatic heterocycles. The Kier molecular flexibility index (Phi) is 6.14. The van der Waals surface area contributed by atoms with Gasteiger partial charge in [-0.05, 0) is 12.8 Å². The Hall–Kier alpha value is -0.980. The molecular formula is C15H24N2O3S. The molecule has 1 aromatic rings. The maximum absolute atomic E-state index is 11.4. The predicted molar refractivity (Wildman–Crippen MR) is 83.4 cm³/mol. The topological polar surface area (TPSA) is 62.7 Å². The highest BCUT2D eigenvalue weighted by Crippen LogP contribution is 2.30. The molecule has 0 atom stereocenters. The molecule has 2 heterocycles. The van der Waals surface area contributed by atoms with Crippen molar-refractivity contribution in [2.45, 2.75) is 39.0 Å². The maximum Gasteiger partial charge on any atom is 0.347 e. The van der Waals surface area contributed by atoms with Gasteiger partial charge < -0.3 is 9.84 Å². The fourth-order valence-corrected chi connectivity index (χ4v) is 3.65. The van der Waals surface area contributed by atoms with Gasteiger partial charge in [0.1, 0.15) is 4.88 Å². The molecule has 1 saturated heterocycles. The highest BCUT2D eigenvalue weighted by atomic mass is 32.1. The van der Waals surface area contributed by atoms with Gasteiger partial charge in [0.2, 0.25) is 0 Å². The fraction of sp³-hybridized carbons (Fsp3) is 0.733. The van der Waals surface area contributed by atoms with Gasteiger partial charge in [-0.15, -0.1) is 11.3 Å². The first kappa shape index (κ1) is 16.4. The standard InChI is InChI=1S/C15H24N2O3S/c1-3-11(4-2)13-14(15(18)19)21-12(16-13)5-6-17-7-9-20-10-8-17/h11H,3-10H2,1-2H3,(H,18,19). The van der Waals surface area contributed by atoms with E-state index in [0.29, 0.717) is 4.88 Å². The molecular weight excluding hydrogens is 288 g/mol. The van der Waals surface area contributed by atoms with Crippen LogP contribution >= 0.6 is 11.3 Å². The normalized spacial score (nSPS) is 16.5. The number of carboxylic acid groups (broad SMARTS) is 1. The number of rotatable bonds is 7.